The molecule has 0 bridgehead atoms. The van der Waals surface area contributed by atoms with Gasteiger partial charge in [-0.1, -0.05) is 35.3 Å². The maximum Gasteiger partial charge on any atom is 0.267 e. The van der Waals surface area contributed by atoms with Crippen molar-refractivity contribution in [2.24, 2.45) is 10.2 Å². The van der Waals surface area contributed by atoms with E-state index in [1.165, 1.54) is 4.90 Å². The first-order valence-corrected chi connectivity index (χ1v) is 14.9. The number of benzene rings is 3. The van der Waals surface area contributed by atoms with Gasteiger partial charge in [0, 0.05) is 41.1 Å². The summed E-state index contributed by atoms with van der Waals surface area (Å²) in [5, 5.41) is 12.8. The van der Waals surface area contributed by atoms with E-state index in [0.29, 0.717) is 42.9 Å². The molecule has 12 heteroatoms. The van der Waals surface area contributed by atoms with Crippen molar-refractivity contribution < 1.29 is 18.7 Å². The highest BCUT2D eigenvalue weighted by atomic mass is 35.5. The summed E-state index contributed by atoms with van der Waals surface area (Å²) in [5.74, 6) is 0.320. The van der Waals surface area contributed by atoms with Gasteiger partial charge >= 0.3 is 0 Å². The highest BCUT2D eigenvalue weighted by Crippen LogP contribution is 2.36. The van der Waals surface area contributed by atoms with Crippen LogP contribution in [-0.2, 0) is 16.1 Å². The minimum Gasteiger partial charge on any atom is -0.483 e. The van der Waals surface area contributed by atoms with Crippen molar-refractivity contribution in [1.82, 2.24) is 4.90 Å². The van der Waals surface area contributed by atoms with Crippen LogP contribution in [0.25, 0.3) is 6.08 Å². The minimum atomic E-state index is -0.361. The number of nitrogens with one attached hydrogen (secondary N) is 1. The van der Waals surface area contributed by atoms with Crippen molar-refractivity contribution in [1.29, 1.82) is 0 Å². The van der Waals surface area contributed by atoms with Crippen LogP contribution in [0.1, 0.15) is 16.9 Å². The molecule has 1 fully saturated rings. The molecule has 2 heterocycles. The van der Waals surface area contributed by atoms with E-state index in [1.807, 2.05) is 43.3 Å². The van der Waals surface area contributed by atoms with Crippen LogP contribution in [0.2, 0.25) is 10.0 Å². The fraction of sp³-hybridized carbons (Fsp3) is 0.125. The van der Waals surface area contributed by atoms with Crippen LogP contribution < -0.4 is 15.0 Å². The molecule has 9 nitrogen and oxygen atoms in total. The molecule has 5 rings (SSSR count). The number of amides is 2. The van der Waals surface area contributed by atoms with E-state index < -0.39 is 0 Å². The monoisotopic (exact) mass is 647 g/mol. The van der Waals surface area contributed by atoms with E-state index in [9.17, 15) is 9.59 Å². The average molecular weight is 649 g/mol. The molecule has 1 aromatic heterocycles. The lowest BCUT2D eigenvalue weighted by atomic mass is 10.2. The molecule has 0 saturated carbocycles. The van der Waals surface area contributed by atoms with Gasteiger partial charge in [-0.15, -0.1) is 5.10 Å². The number of carbonyl (C=O) groups is 2. The van der Waals surface area contributed by atoms with Gasteiger partial charge in [0.2, 0.25) is 0 Å². The molecular formula is C32H27Cl2N5O4S. The quantitative estimate of drug-likeness (QED) is 0.111. The first kappa shape index (κ1) is 30.9. The summed E-state index contributed by atoms with van der Waals surface area (Å²) in [6, 6.07) is 23.1. The molecule has 2 amide bonds. The van der Waals surface area contributed by atoms with Crippen molar-refractivity contribution in [3.63, 3.8) is 0 Å². The molecule has 0 unspecified atom stereocenters. The van der Waals surface area contributed by atoms with Crippen molar-refractivity contribution in [2.45, 2.75) is 6.54 Å². The fourth-order valence-corrected chi connectivity index (χ4v) is 5.29. The Labute approximate surface area is 268 Å². The van der Waals surface area contributed by atoms with E-state index in [4.69, 9.17) is 32.4 Å². The summed E-state index contributed by atoms with van der Waals surface area (Å²) in [4.78, 5) is 30.0. The van der Waals surface area contributed by atoms with E-state index in [2.05, 4.69) is 15.5 Å². The number of hydrogen-bond acceptors (Lipinski definition) is 8. The van der Waals surface area contributed by atoms with Crippen molar-refractivity contribution in [2.75, 3.05) is 30.9 Å². The van der Waals surface area contributed by atoms with Crippen LogP contribution in [0.3, 0.4) is 0 Å². The Morgan fingerprint density at radius 3 is 2.50 bits per heavy atom. The van der Waals surface area contributed by atoms with Crippen LogP contribution in [0, 0.1) is 0 Å². The molecule has 0 atom stereocenters. The SMILES string of the molecule is CN(C)c1ccc(/C=N/N=C2\S/C(=C\c3cc(Cl)ccc3OCC(=O)Nc3ccc(Cl)cc3)C(=O)N2Cc2ccco2)cc1. The van der Waals surface area contributed by atoms with Gasteiger partial charge < -0.3 is 19.4 Å². The maximum absolute atomic E-state index is 13.6. The third-order valence-corrected chi connectivity index (χ3v) is 7.77. The topological polar surface area (TPSA) is 99.7 Å². The second-order valence-corrected chi connectivity index (χ2v) is 11.6. The highest BCUT2D eigenvalue weighted by molar-refractivity contribution is 8.18. The molecule has 224 valence electrons. The van der Waals surface area contributed by atoms with E-state index in [1.54, 1.807) is 73.2 Å². The van der Waals surface area contributed by atoms with E-state index in [-0.39, 0.29) is 25.0 Å². The minimum absolute atomic E-state index is 0.172. The molecule has 44 heavy (non-hydrogen) atoms. The van der Waals surface area contributed by atoms with Gasteiger partial charge in [0.25, 0.3) is 11.8 Å². The van der Waals surface area contributed by atoms with Crippen molar-refractivity contribution in [3.8, 4) is 5.75 Å². The maximum atomic E-state index is 13.6. The molecule has 3 aromatic carbocycles. The first-order valence-electron chi connectivity index (χ1n) is 13.3. The number of thioether (sulfide) groups is 1. The van der Waals surface area contributed by atoms with Crippen LogP contribution in [0.15, 0.2) is 105 Å². The molecule has 1 aliphatic heterocycles. The van der Waals surface area contributed by atoms with Gasteiger partial charge in [0.05, 0.1) is 23.9 Å². The summed E-state index contributed by atoms with van der Waals surface area (Å²) in [7, 11) is 3.95. The standard InChI is InChI=1S/C32H27Cl2N5O4S/c1-38(2)26-12-5-21(6-13-26)18-35-37-32-39(19-27-4-3-15-42-27)31(41)29(44-32)17-22-16-24(34)9-14-28(22)43-20-30(40)36-25-10-7-23(33)8-11-25/h3-18H,19-20H2,1-2H3,(H,36,40)/b29-17-,35-18+,37-32-. The number of anilines is 2. The number of nitrogens with zero attached hydrogens (tertiary/aromatic N) is 4. The average Bonchev–Trinajstić information content (AvgIpc) is 3.62. The highest BCUT2D eigenvalue weighted by Gasteiger charge is 2.34. The molecular weight excluding hydrogens is 621 g/mol. The van der Waals surface area contributed by atoms with Gasteiger partial charge in [-0.3, -0.25) is 14.5 Å². The lowest BCUT2D eigenvalue weighted by Crippen LogP contribution is -2.28. The second kappa shape index (κ2) is 14.3. The summed E-state index contributed by atoms with van der Waals surface area (Å²) in [6.45, 7) is -0.0884. The summed E-state index contributed by atoms with van der Waals surface area (Å²) in [6.07, 6.45) is 4.83. The summed E-state index contributed by atoms with van der Waals surface area (Å²) < 4.78 is 11.3. The molecule has 1 N–H and O–H groups in total. The molecule has 0 radical (unpaired) electrons. The smallest absolute Gasteiger partial charge is 0.267 e. The van der Waals surface area contributed by atoms with Crippen LogP contribution in [0.5, 0.6) is 5.75 Å². The number of ether oxygens (including phenoxy) is 1. The molecule has 4 aromatic rings. The summed E-state index contributed by atoms with van der Waals surface area (Å²) in [5.41, 5.74) is 3.04. The van der Waals surface area contributed by atoms with Gasteiger partial charge in [-0.25, -0.2) is 0 Å². The third-order valence-electron chi connectivity index (χ3n) is 6.29. The largest absolute Gasteiger partial charge is 0.483 e. The Bertz CT molecular complexity index is 1720. The number of amidine groups is 1. The Morgan fingerprint density at radius 1 is 1.05 bits per heavy atom. The zero-order valence-electron chi connectivity index (χ0n) is 23.7. The molecule has 0 aliphatic carbocycles. The van der Waals surface area contributed by atoms with Crippen LogP contribution in [-0.4, -0.2) is 48.8 Å². The lowest BCUT2D eigenvalue weighted by molar-refractivity contribution is -0.122. The Morgan fingerprint density at radius 2 is 1.80 bits per heavy atom. The Kier molecular flexibility index (Phi) is 10.1. The predicted octanol–water partition coefficient (Wildman–Crippen LogP) is 7.18. The third kappa shape index (κ3) is 8.10. The Balaban J connectivity index is 1.35. The number of furan rings is 1. The zero-order chi connectivity index (χ0) is 31.1. The van der Waals surface area contributed by atoms with Gasteiger partial charge in [-0.2, -0.15) is 5.10 Å². The van der Waals surface area contributed by atoms with E-state index in [0.717, 1.165) is 23.0 Å². The lowest BCUT2D eigenvalue weighted by Gasteiger charge is -2.13. The zero-order valence-corrected chi connectivity index (χ0v) is 26.1. The predicted molar refractivity (Wildman–Crippen MR) is 178 cm³/mol. The number of halogens is 2. The normalized spacial score (nSPS) is 15.0. The van der Waals surface area contributed by atoms with Crippen LogP contribution in [0.4, 0.5) is 11.4 Å². The van der Waals surface area contributed by atoms with E-state index >= 15 is 0 Å². The molecule has 1 aliphatic rings. The second-order valence-electron chi connectivity index (χ2n) is 9.72. The number of hydrogen-bond donors (Lipinski definition) is 1. The van der Waals surface area contributed by atoms with Crippen LogP contribution >= 0.6 is 35.0 Å². The molecule has 1 saturated heterocycles. The fourth-order valence-electron chi connectivity index (χ4n) is 4.06. The Hall–Kier alpha value is -4.51. The van der Waals surface area contributed by atoms with Gasteiger partial charge in [0.15, 0.2) is 11.8 Å². The van der Waals surface area contributed by atoms with Gasteiger partial charge in [0.1, 0.15) is 11.5 Å². The van der Waals surface area contributed by atoms with Crippen molar-refractivity contribution in [3.05, 3.63) is 117 Å². The number of rotatable bonds is 10. The molecule has 0 spiro atoms. The number of carbonyl (C=O) groups excluding carboxylic acids is 2. The summed E-state index contributed by atoms with van der Waals surface area (Å²) >= 11 is 13.4. The first-order chi connectivity index (χ1) is 21.2. The van der Waals surface area contributed by atoms with Crippen molar-refractivity contribution >= 4 is 75.6 Å². The van der Waals surface area contributed by atoms with Gasteiger partial charge in [-0.05, 0) is 90.1 Å².